The number of aromatic nitrogens is 1. The zero-order chi connectivity index (χ0) is 13.8. The Balaban J connectivity index is 2.48. The maximum absolute atomic E-state index is 10.9. The summed E-state index contributed by atoms with van der Waals surface area (Å²) in [6, 6.07) is 5.78. The first-order valence-electron chi connectivity index (χ1n) is 6.53. The predicted molar refractivity (Wildman–Crippen MR) is 74.7 cm³/mol. The van der Waals surface area contributed by atoms with E-state index in [0.717, 1.165) is 41.6 Å². The Kier molecular flexibility index (Phi) is 4.10. The molecule has 0 unspecified atom stereocenters. The number of rotatable bonds is 6. The summed E-state index contributed by atoms with van der Waals surface area (Å²) < 4.78 is 7.37. The van der Waals surface area contributed by atoms with Crippen molar-refractivity contribution in [2.45, 2.75) is 32.7 Å². The van der Waals surface area contributed by atoms with Crippen LogP contribution in [0.1, 0.15) is 25.3 Å². The summed E-state index contributed by atoms with van der Waals surface area (Å²) in [7, 11) is 1.64. The number of carboxylic acid groups (broad SMARTS) is 1. The van der Waals surface area contributed by atoms with E-state index in [1.54, 1.807) is 7.11 Å². The highest BCUT2D eigenvalue weighted by Crippen LogP contribution is 2.26. The quantitative estimate of drug-likeness (QED) is 0.869. The number of nitrogens with zero attached hydrogens (tertiary/aromatic N) is 1. The third-order valence-electron chi connectivity index (χ3n) is 3.27. The fraction of sp³-hybridized carbons (Fsp3) is 0.400. The van der Waals surface area contributed by atoms with Crippen molar-refractivity contribution in [3.8, 4) is 5.75 Å². The van der Waals surface area contributed by atoms with Gasteiger partial charge in [-0.1, -0.05) is 13.3 Å². The Morgan fingerprint density at radius 3 is 2.84 bits per heavy atom. The molecule has 4 heteroatoms. The summed E-state index contributed by atoms with van der Waals surface area (Å²) in [4.78, 5) is 10.9. The molecule has 0 aliphatic heterocycles. The lowest BCUT2D eigenvalue weighted by molar-refractivity contribution is -0.136. The van der Waals surface area contributed by atoms with Crippen LogP contribution in [0.25, 0.3) is 10.9 Å². The van der Waals surface area contributed by atoms with Crippen LogP contribution in [0.5, 0.6) is 5.75 Å². The van der Waals surface area contributed by atoms with Crippen LogP contribution < -0.4 is 4.74 Å². The van der Waals surface area contributed by atoms with Gasteiger partial charge in [0.25, 0.3) is 0 Å². The topological polar surface area (TPSA) is 51.5 Å². The molecule has 0 radical (unpaired) electrons. The molecule has 1 aromatic heterocycles. The summed E-state index contributed by atoms with van der Waals surface area (Å²) in [5.74, 6) is -0.00409. The van der Waals surface area contributed by atoms with Crippen LogP contribution in [0.15, 0.2) is 24.4 Å². The Morgan fingerprint density at radius 2 is 2.21 bits per heavy atom. The highest BCUT2D eigenvalue weighted by atomic mass is 16.5. The lowest BCUT2D eigenvalue weighted by Crippen LogP contribution is -1.99. The Morgan fingerprint density at radius 1 is 1.42 bits per heavy atom. The van der Waals surface area contributed by atoms with Gasteiger partial charge >= 0.3 is 5.97 Å². The van der Waals surface area contributed by atoms with E-state index in [1.165, 1.54) is 0 Å². The summed E-state index contributed by atoms with van der Waals surface area (Å²) in [5, 5.41) is 9.98. The molecule has 0 spiro atoms. The van der Waals surface area contributed by atoms with Crippen molar-refractivity contribution in [3.05, 3.63) is 30.0 Å². The van der Waals surface area contributed by atoms with Crippen molar-refractivity contribution in [2.75, 3.05) is 7.11 Å². The smallest absolute Gasteiger partial charge is 0.307 e. The van der Waals surface area contributed by atoms with Gasteiger partial charge in [-0.25, -0.2) is 0 Å². The van der Waals surface area contributed by atoms with E-state index in [9.17, 15) is 4.79 Å². The fourth-order valence-corrected chi connectivity index (χ4v) is 2.29. The first kappa shape index (κ1) is 13.5. The molecule has 0 atom stereocenters. The minimum absolute atomic E-state index is 0.0575. The lowest BCUT2D eigenvalue weighted by atomic mass is 10.1. The zero-order valence-corrected chi connectivity index (χ0v) is 11.3. The molecule has 102 valence electrons. The SMILES string of the molecule is CCCCn1cc(CC(=O)O)c2ccc(OC)cc21. The van der Waals surface area contributed by atoms with Crippen LogP contribution in [0.4, 0.5) is 0 Å². The Labute approximate surface area is 112 Å². The third-order valence-corrected chi connectivity index (χ3v) is 3.27. The van der Waals surface area contributed by atoms with Crippen LogP contribution in [-0.4, -0.2) is 22.8 Å². The van der Waals surface area contributed by atoms with Crippen LogP contribution >= 0.6 is 0 Å². The van der Waals surface area contributed by atoms with Gasteiger partial charge in [0.2, 0.25) is 0 Å². The molecule has 2 rings (SSSR count). The van der Waals surface area contributed by atoms with Gasteiger partial charge in [0, 0.05) is 24.2 Å². The number of fused-ring (bicyclic) bond motifs is 1. The number of methoxy groups -OCH3 is 1. The van der Waals surface area contributed by atoms with Gasteiger partial charge in [0.1, 0.15) is 5.75 Å². The summed E-state index contributed by atoms with van der Waals surface area (Å²) >= 11 is 0. The molecule has 1 heterocycles. The molecule has 0 bridgehead atoms. The van der Waals surface area contributed by atoms with Gasteiger partial charge in [0.15, 0.2) is 0 Å². The summed E-state index contributed by atoms with van der Waals surface area (Å²) in [6.45, 7) is 3.05. The first-order chi connectivity index (χ1) is 9.15. The lowest BCUT2D eigenvalue weighted by Gasteiger charge is -2.05. The van der Waals surface area contributed by atoms with Crippen molar-refractivity contribution < 1.29 is 14.6 Å². The van der Waals surface area contributed by atoms with Gasteiger partial charge in [-0.05, 0) is 24.1 Å². The molecule has 0 aliphatic rings. The van der Waals surface area contributed by atoms with E-state index in [0.29, 0.717) is 0 Å². The van der Waals surface area contributed by atoms with E-state index in [1.807, 2.05) is 24.4 Å². The number of benzene rings is 1. The normalized spacial score (nSPS) is 10.8. The highest BCUT2D eigenvalue weighted by molar-refractivity contribution is 5.88. The van der Waals surface area contributed by atoms with E-state index in [2.05, 4.69) is 11.5 Å². The van der Waals surface area contributed by atoms with Crippen LogP contribution in [0, 0.1) is 0 Å². The molecule has 0 fully saturated rings. The maximum Gasteiger partial charge on any atom is 0.307 e. The highest BCUT2D eigenvalue weighted by Gasteiger charge is 2.12. The molecule has 2 aromatic rings. The first-order valence-corrected chi connectivity index (χ1v) is 6.53. The maximum atomic E-state index is 10.9. The van der Waals surface area contributed by atoms with Gasteiger partial charge in [-0.2, -0.15) is 0 Å². The molecule has 1 N–H and O–H groups in total. The van der Waals surface area contributed by atoms with Gasteiger partial charge in [-0.15, -0.1) is 0 Å². The van der Waals surface area contributed by atoms with Crippen molar-refractivity contribution in [2.24, 2.45) is 0 Å². The van der Waals surface area contributed by atoms with Gasteiger partial charge < -0.3 is 14.4 Å². The second-order valence-electron chi connectivity index (χ2n) is 4.65. The van der Waals surface area contributed by atoms with E-state index >= 15 is 0 Å². The molecule has 0 saturated carbocycles. The number of carboxylic acids is 1. The second-order valence-corrected chi connectivity index (χ2v) is 4.65. The largest absolute Gasteiger partial charge is 0.497 e. The number of aryl methyl sites for hydroxylation is 1. The van der Waals surface area contributed by atoms with Gasteiger partial charge in [0.05, 0.1) is 19.0 Å². The molecule has 0 amide bonds. The molecule has 0 saturated heterocycles. The van der Waals surface area contributed by atoms with E-state index in [4.69, 9.17) is 9.84 Å². The van der Waals surface area contributed by atoms with Crippen molar-refractivity contribution in [1.82, 2.24) is 4.57 Å². The Hall–Kier alpha value is -1.97. The third kappa shape index (κ3) is 2.89. The molecule has 4 nitrogen and oxygen atoms in total. The number of ether oxygens (including phenoxy) is 1. The second kappa shape index (κ2) is 5.78. The monoisotopic (exact) mass is 261 g/mol. The van der Waals surface area contributed by atoms with Crippen LogP contribution in [-0.2, 0) is 17.8 Å². The number of hydrogen-bond acceptors (Lipinski definition) is 2. The average molecular weight is 261 g/mol. The van der Waals surface area contributed by atoms with E-state index < -0.39 is 5.97 Å². The minimum atomic E-state index is -0.801. The van der Waals surface area contributed by atoms with Crippen LogP contribution in [0.2, 0.25) is 0 Å². The zero-order valence-electron chi connectivity index (χ0n) is 11.3. The van der Waals surface area contributed by atoms with Crippen molar-refractivity contribution >= 4 is 16.9 Å². The van der Waals surface area contributed by atoms with E-state index in [-0.39, 0.29) is 6.42 Å². The standard InChI is InChI=1S/C15H19NO3/c1-3-4-7-16-10-11(8-15(17)18)13-6-5-12(19-2)9-14(13)16/h5-6,9-10H,3-4,7-8H2,1-2H3,(H,17,18). The summed E-state index contributed by atoms with van der Waals surface area (Å²) in [5.41, 5.74) is 1.91. The van der Waals surface area contributed by atoms with Gasteiger partial charge in [-0.3, -0.25) is 4.79 Å². The molecule has 0 aliphatic carbocycles. The predicted octanol–water partition coefficient (Wildman–Crippen LogP) is 3.08. The average Bonchev–Trinajstić information content (AvgIpc) is 2.73. The minimum Gasteiger partial charge on any atom is -0.497 e. The van der Waals surface area contributed by atoms with Crippen molar-refractivity contribution in [3.63, 3.8) is 0 Å². The Bertz CT molecular complexity index is 586. The fourth-order valence-electron chi connectivity index (χ4n) is 2.29. The molecule has 19 heavy (non-hydrogen) atoms. The number of aliphatic carboxylic acids is 1. The summed E-state index contributed by atoms with van der Waals surface area (Å²) in [6.07, 6.45) is 4.20. The van der Waals surface area contributed by atoms with Crippen molar-refractivity contribution in [1.29, 1.82) is 0 Å². The number of hydrogen-bond donors (Lipinski definition) is 1. The molecular formula is C15H19NO3. The van der Waals surface area contributed by atoms with Crippen LogP contribution in [0.3, 0.4) is 0 Å². The molecule has 1 aromatic carbocycles. The number of carbonyl (C=O) groups is 1. The number of unbranched alkanes of at least 4 members (excludes halogenated alkanes) is 1. The molecular weight excluding hydrogens is 242 g/mol.